The fourth-order valence-corrected chi connectivity index (χ4v) is 1.81. The molecule has 3 N–H and O–H groups in total. The van der Waals surface area contributed by atoms with Crippen LogP contribution in [0.4, 0.5) is 4.39 Å². The maximum absolute atomic E-state index is 12.8. The second-order valence-corrected chi connectivity index (χ2v) is 4.79. The molecule has 0 heterocycles. The summed E-state index contributed by atoms with van der Waals surface area (Å²) >= 11 is 0. The Bertz CT molecular complexity index is 465. The number of esters is 1. The largest absolute Gasteiger partial charge is 0.466 e. The van der Waals surface area contributed by atoms with Gasteiger partial charge in [-0.25, -0.2) is 4.39 Å². The van der Waals surface area contributed by atoms with E-state index in [0.29, 0.717) is 19.4 Å². The van der Waals surface area contributed by atoms with E-state index >= 15 is 0 Å². The number of aliphatic hydroxyl groups excluding tert-OH is 1. The fraction of sp³-hybridized carbons (Fsp3) is 0.438. The fourth-order valence-electron chi connectivity index (χ4n) is 1.81. The van der Waals surface area contributed by atoms with Crippen molar-refractivity contribution in [2.24, 2.45) is 5.73 Å². The van der Waals surface area contributed by atoms with Gasteiger partial charge in [0.25, 0.3) is 0 Å². The Morgan fingerprint density at radius 2 is 2.00 bits per heavy atom. The predicted octanol–water partition coefficient (Wildman–Crippen LogP) is 2.38. The third-order valence-electron chi connectivity index (χ3n) is 2.93. The van der Waals surface area contributed by atoms with Gasteiger partial charge in [-0.15, -0.1) is 12.4 Å². The Hall–Kier alpha value is -1.43. The summed E-state index contributed by atoms with van der Waals surface area (Å²) in [5.74, 6) is -0.571. The van der Waals surface area contributed by atoms with Gasteiger partial charge in [0.1, 0.15) is 5.82 Å². The highest BCUT2D eigenvalue weighted by molar-refractivity contribution is 5.85. The number of aliphatic hydroxyl groups is 1. The molecule has 2 atom stereocenters. The third-order valence-corrected chi connectivity index (χ3v) is 2.93. The van der Waals surface area contributed by atoms with Crippen molar-refractivity contribution in [1.82, 2.24) is 0 Å². The van der Waals surface area contributed by atoms with Crippen molar-refractivity contribution in [3.8, 4) is 0 Å². The molecular formula is C16H23ClFNO3. The smallest absolute Gasteiger partial charge is 0.305 e. The molecule has 0 aromatic heterocycles. The number of benzene rings is 1. The van der Waals surface area contributed by atoms with E-state index in [4.69, 9.17) is 10.5 Å². The molecule has 1 aromatic carbocycles. The molecule has 1 aromatic rings. The predicted molar refractivity (Wildman–Crippen MR) is 86.3 cm³/mol. The van der Waals surface area contributed by atoms with Crippen LogP contribution in [0.25, 0.3) is 0 Å². The highest BCUT2D eigenvalue weighted by atomic mass is 35.5. The average molecular weight is 332 g/mol. The van der Waals surface area contributed by atoms with Crippen LogP contribution in [-0.2, 0) is 16.0 Å². The van der Waals surface area contributed by atoms with E-state index < -0.39 is 6.10 Å². The summed E-state index contributed by atoms with van der Waals surface area (Å²) in [4.78, 5) is 11.2. The summed E-state index contributed by atoms with van der Waals surface area (Å²) < 4.78 is 17.6. The van der Waals surface area contributed by atoms with E-state index in [-0.39, 0.29) is 36.7 Å². The Balaban J connectivity index is 0.00000441. The average Bonchev–Trinajstić information content (AvgIpc) is 2.46. The molecule has 0 aliphatic carbocycles. The minimum absolute atomic E-state index is 0. The van der Waals surface area contributed by atoms with Crippen molar-refractivity contribution < 1.29 is 19.0 Å². The molecule has 0 fully saturated rings. The zero-order valence-electron chi connectivity index (χ0n) is 12.6. The van der Waals surface area contributed by atoms with Crippen molar-refractivity contribution in [2.45, 2.75) is 38.3 Å². The number of hydrogen-bond donors (Lipinski definition) is 2. The number of carbonyl (C=O) groups is 1. The van der Waals surface area contributed by atoms with Gasteiger partial charge in [0, 0.05) is 18.9 Å². The van der Waals surface area contributed by atoms with Gasteiger partial charge >= 0.3 is 5.97 Å². The molecule has 0 amide bonds. The Morgan fingerprint density at radius 1 is 1.36 bits per heavy atom. The zero-order valence-corrected chi connectivity index (χ0v) is 13.4. The first-order valence-electron chi connectivity index (χ1n) is 7.03. The first-order valence-corrected chi connectivity index (χ1v) is 7.03. The second kappa shape index (κ2) is 11.2. The molecule has 0 saturated heterocycles. The number of ether oxygens (including phenoxy) is 1. The summed E-state index contributed by atoms with van der Waals surface area (Å²) in [6, 6.07) is 5.67. The van der Waals surface area contributed by atoms with Crippen LogP contribution in [-0.4, -0.2) is 29.8 Å². The van der Waals surface area contributed by atoms with Crippen molar-refractivity contribution in [2.75, 3.05) is 6.61 Å². The van der Waals surface area contributed by atoms with Crippen LogP contribution >= 0.6 is 12.4 Å². The lowest BCUT2D eigenvalue weighted by atomic mass is 10.1. The van der Waals surface area contributed by atoms with Gasteiger partial charge in [-0.2, -0.15) is 0 Å². The summed E-state index contributed by atoms with van der Waals surface area (Å²) in [6.07, 6.45) is 3.70. The second-order valence-electron chi connectivity index (χ2n) is 4.79. The maximum Gasteiger partial charge on any atom is 0.305 e. The molecule has 0 aliphatic rings. The highest BCUT2D eigenvalue weighted by Crippen LogP contribution is 2.07. The molecule has 0 spiro atoms. The minimum Gasteiger partial charge on any atom is -0.466 e. The Labute approximate surface area is 136 Å². The summed E-state index contributed by atoms with van der Waals surface area (Å²) in [6.45, 7) is 2.11. The summed E-state index contributed by atoms with van der Waals surface area (Å²) in [5.41, 5.74) is 6.67. The summed E-state index contributed by atoms with van der Waals surface area (Å²) in [7, 11) is 0. The molecule has 124 valence electrons. The highest BCUT2D eigenvalue weighted by Gasteiger charge is 2.06. The first-order chi connectivity index (χ1) is 10.0. The monoisotopic (exact) mass is 331 g/mol. The molecule has 0 saturated carbocycles. The lowest BCUT2D eigenvalue weighted by Gasteiger charge is -2.09. The molecule has 6 heteroatoms. The van der Waals surface area contributed by atoms with Gasteiger partial charge in [0.15, 0.2) is 0 Å². The van der Waals surface area contributed by atoms with Gasteiger partial charge in [0.2, 0.25) is 0 Å². The number of hydrogen-bond acceptors (Lipinski definition) is 4. The van der Waals surface area contributed by atoms with Gasteiger partial charge in [-0.05, 0) is 31.0 Å². The zero-order chi connectivity index (χ0) is 15.7. The SMILES string of the molecule is CCOC(=O)CC[C@@H](N)/C=C/[C@@H](O)Cc1ccc(F)cc1.Cl. The molecule has 0 unspecified atom stereocenters. The molecule has 0 aliphatic heterocycles. The van der Waals surface area contributed by atoms with E-state index in [2.05, 4.69) is 0 Å². The number of rotatable bonds is 8. The van der Waals surface area contributed by atoms with Crippen LogP contribution in [0.3, 0.4) is 0 Å². The van der Waals surface area contributed by atoms with Crippen molar-refractivity contribution >= 4 is 18.4 Å². The third kappa shape index (κ3) is 8.77. The van der Waals surface area contributed by atoms with Gasteiger partial charge < -0.3 is 15.6 Å². The van der Waals surface area contributed by atoms with Crippen LogP contribution in [0.1, 0.15) is 25.3 Å². The number of carbonyl (C=O) groups excluding carboxylic acids is 1. The van der Waals surface area contributed by atoms with E-state index in [0.717, 1.165) is 5.56 Å². The standard InChI is InChI=1S/C16H22FNO3.ClH/c1-2-21-16(20)10-8-14(18)7-9-15(19)11-12-3-5-13(17)6-4-12;/h3-7,9,14-15,19H,2,8,10-11,18H2,1H3;1H/b9-7+;/t14-,15+;/m0./s1. The molecule has 1 rings (SSSR count). The van der Waals surface area contributed by atoms with Gasteiger partial charge in [-0.1, -0.05) is 24.3 Å². The minimum atomic E-state index is -0.691. The van der Waals surface area contributed by atoms with E-state index in [9.17, 15) is 14.3 Å². The lowest BCUT2D eigenvalue weighted by Crippen LogP contribution is -2.20. The first kappa shape index (κ1) is 20.6. The molecule has 22 heavy (non-hydrogen) atoms. The van der Waals surface area contributed by atoms with Crippen molar-refractivity contribution in [1.29, 1.82) is 0 Å². The van der Waals surface area contributed by atoms with Crippen LogP contribution in [0.2, 0.25) is 0 Å². The van der Waals surface area contributed by atoms with Crippen LogP contribution in [0.5, 0.6) is 0 Å². The summed E-state index contributed by atoms with van der Waals surface area (Å²) in [5, 5.41) is 9.85. The topological polar surface area (TPSA) is 72.5 Å². The number of nitrogens with two attached hydrogens (primary N) is 1. The van der Waals surface area contributed by atoms with Crippen LogP contribution < -0.4 is 5.73 Å². The van der Waals surface area contributed by atoms with E-state index in [1.165, 1.54) is 12.1 Å². The van der Waals surface area contributed by atoms with Crippen molar-refractivity contribution in [3.05, 3.63) is 47.8 Å². The lowest BCUT2D eigenvalue weighted by molar-refractivity contribution is -0.143. The number of halogens is 2. The molecular weight excluding hydrogens is 309 g/mol. The van der Waals surface area contributed by atoms with E-state index in [1.807, 2.05) is 0 Å². The Kier molecular flexibility index (Phi) is 10.5. The Morgan fingerprint density at radius 3 is 2.59 bits per heavy atom. The van der Waals surface area contributed by atoms with Gasteiger partial charge in [0.05, 0.1) is 12.7 Å². The maximum atomic E-state index is 12.8. The van der Waals surface area contributed by atoms with Crippen LogP contribution in [0.15, 0.2) is 36.4 Å². The van der Waals surface area contributed by atoms with Crippen LogP contribution in [0, 0.1) is 5.82 Å². The van der Waals surface area contributed by atoms with Crippen molar-refractivity contribution in [3.63, 3.8) is 0 Å². The molecule has 0 radical (unpaired) electrons. The normalized spacial score (nSPS) is 13.5. The molecule has 4 nitrogen and oxygen atoms in total. The van der Waals surface area contributed by atoms with Gasteiger partial charge in [-0.3, -0.25) is 4.79 Å². The quantitative estimate of drug-likeness (QED) is 0.566. The molecule has 0 bridgehead atoms. The van der Waals surface area contributed by atoms with E-state index in [1.54, 1.807) is 31.2 Å².